The molecule has 0 aliphatic heterocycles. The Hall–Kier alpha value is -2.59. The lowest BCUT2D eigenvalue weighted by Gasteiger charge is -2.26. The Kier molecular flexibility index (Phi) is 4.06. The first-order chi connectivity index (χ1) is 12.2. The summed E-state index contributed by atoms with van der Waals surface area (Å²) < 4.78 is 5.41. The lowest BCUT2D eigenvalue weighted by atomic mass is 9.94. The third-order valence-corrected chi connectivity index (χ3v) is 4.99. The van der Waals surface area contributed by atoms with Crippen molar-refractivity contribution in [3.8, 4) is 0 Å². The minimum atomic E-state index is -1.11. The van der Waals surface area contributed by atoms with Crippen LogP contribution in [-0.4, -0.2) is 17.6 Å². The zero-order chi connectivity index (χ0) is 17.3. The molecule has 0 bridgehead atoms. The van der Waals surface area contributed by atoms with E-state index in [1.165, 1.54) is 0 Å². The first kappa shape index (κ1) is 15.9. The van der Waals surface area contributed by atoms with Crippen molar-refractivity contribution in [1.82, 2.24) is 5.32 Å². The summed E-state index contributed by atoms with van der Waals surface area (Å²) in [4.78, 5) is 12.5. The molecule has 2 N–H and O–H groups in total. The van der Waals surface area contributed by atoms with Crippen molar-refractivity contribution in [2.75, 3.05) is 6.54 Å². The SMILES string of the molecule is O=C(Cc1cccc2ccccc12)NCC(O)(c1ccco1)C1CC1. The zero-order valence-corrected chi connectivity index (χ0v) is 13.9. The zero-order valence-electron chi connectivity index (χ0n) is 13.9. The van der Waals surface area contributed by atoms with E-state index in [4.69, 9.17) is 4.42 Å². The third-order valence-electron chi connectivity index (χ3n) is 4.99. The maximum Gasteiger partial charge on any atom is 0.224 e. The molecule has 0 saturated heterocycles. The molecule has 4 rings (SSSR count). The molecule has 4 nitrogen and oxygen atoms in total. The molecule has 1 atom stereocenters. The van der Waals surface area contributed by atoms with Gasteiger partial charge in [0, 0.05) is 0 Å². The number of carbonyl (C=O) groups is 1. The number of furan rings is 1. The van der Waals surface area contributed by atoms with Crippen molar-refractivity contribution < 1.29 is 14.3 Å². The van der Waals surface area contributed by atoms with Crippen LogP contribution in [0.4, 0.5) is 0 Å². The van der Waals surface area contributed by atoms with Crippen molar-refractivity contribution in [2.24, 2.45) is 5.92 Å². The van der Waals surface area contributed by atoms with Crippen LogP contribution in [0, 0.1) is 5.92 Å². The molecule has 1 aromatic heterocycles. The third kappa shape index (κ3) is 3.17. The molecule has 1 aliphatic rings. The second-order valence-corrected chi connectivity index (χ2v) is 6.77. The predicted molar refractivity (Wildman–Crippen MR) is 96.0 cm³/mol. The van der Waals surface area contributed by atoms with Gasteiger partial charge in [0.25, 0.3) is 0 Å². The Morgan fingerprint density at radius 3 is 2.68 bits per heavy atom. The van der Waals surface area contributed by atoms with E-state index in [-0.39, 0.29) is 18.4 Å². The van der Waals surface area contributed by atoms with Crippen LogP contribution < -0.4 is 5.32 Å². The monoisotopic (exact) mass is 335 g/mol. The Balaban J connectivity index is 1.47. The minimum absolute atomic E-state index is 0.0954. The van der Waals surface area contributed by atoms with Gasteiger partial charge in [-0.3, -0.25) is 4.79 Å². The highest BCUT2D eigenvalue weighted by Crippen LogP contribution is 2.45. The number of rotatable bonds is 6. The number of benzene rings is 2. The van der Waals surface area contributed by atoms with Crippen LogP contribution in [0.15, 0.2) is 65.3 Å². The molecule has 1 unspecified atom stereocenters. The second kappa shape index (κ2) is 6.37. The number of aliphatic hydroxyl groups is 1. The average Bonchev–Trinajstić information content (AvgIpc) is 3.35. The molecule has 3 aromatic rings. The highest BCUT2D eigenvalue weighted by atomic mass is 16.4. The van der Waals surface area contributed by atoms with Gasteiger partial charge in [-0.15, -0.1) is 0 Å². The number of amides is 1. The summed E-state index contributed by atoms with van der Waals surface area (Å²) in [6, 6.07) is 17.6. The maximum atomic E-state index is 12.5. The van der Waals surface area contributed by atoms with E-state index in [0.717, 1.165) is 29.2 Å². The fourth-order valence-corrected chi connectivity index (χ4v) is 3.43. The van der Waals surface area contributed by atoms with E-state index in [9.17, 15) is 9.90 Å². The Bertz CT molecular complexity index is 878. The van der Waals surface area contributed by atoms with Gasteiger partial charge in [0.2, 0.25) is 5.91 Å². The van der Waals surface area contributed by atoms with Crippen molar-refractivity contribution >= 4 is 16.7 Å². The van der Waals surface area contributed by atoms with Crippen molar-refractivity contribution in [3.05, 3.63) is 72.2 Å². The number of hydrogen-bond acceptors (Lipinski definition) is 3. The molecule has 1 aliphatic carbocycles. The standard InChI is InChI=1S/C21H21NO3/c23-20(13-16-7-3-6-15-5-1-2-8-18(15)16)22-14-21(24,17-10-11-17)19-9-4-12-25-19/h1-9,12,17,24H,10-11,13-14H2,(H,22,23). The highest BCUT2D eigenvalue weighted by Gasteiger charge is 2.47. The quantitative estimate of drug-likeness (QED) is 0.726. The van der Waals surface area contributed by atoms with Gasteiger partial charge >= 0.3 is 0 Å². The molecule has 1 amide bonds. The molecule has 0 spiro atoms. The molecule has 1 fully saturated rings. The number of hydrogen-bond donors (Lipinski definition) is 2. The predicted octanol–water partition coefficient (Wildman–Crippen LogP) is 3.39. The van der Waals surface area contributed by atoms with Gasteiger partial charge in [0.05, 0.1) is 19.2 Å². The van der Waals surface area contributed by atoms with Gasteiger partial charge in [-0.2, -0.15) is 0 Å². The number of carbonyl (C=O) groups excluding carboxylic acids is 1. The van der Waals surface area contributed by atoms with Crippen LogP contribution in [0.3, 0.4) is 0 Å². The first-order valence-electron chi connectivity index (χ1n) is 8.66. The maximum absolute atomic E-state index is 12.5. The average molecular weight is 335 g/mol. The summed E-state index contributed by atoms with van der Waals surface area (Å²) in [6.45, 7) is 0.175. The number of fused-ring (bicyclic) bond motifs is 1. The van der Waals surface area contributed by atoms with Gasteiger partial charge < -0.3 is 14.8 Å². The van der Waals surface area contributed by atoms with Crippen LogP contribution in [0.1, 0.15) is 24.2 Å². The lowest BCUT2D eigenvalue weighted by molar-refractivity contribution is -0.122. The van der Waals surface area contributed by atoms with Crippen LogP contribution in [0.2, 0.25) is 0 Å². The molecule has 4 heteroatoms. The van der Waals surface area contributed by atoms with Crippen molar-refractivity contribution in [1.29, 1.82) is 0 Å². The van der Waals surface area contributed by atoms with E-state index < -0.39 is 5.60 Å². The summed E-state index contributed by atoms with van der Waals surface area (Å²) in [5.74, 6) is 0.582. The first-order valence-corrected chi connectivity index (χ1v) is 8.66. The van der Waals surface area contributed by atoms with Crippen LogP contribution in [0.5, 0.6) is 0 Å². The molecular weight excluding hydrogens is 314 g/mol. The smallest absolute Gasteiger partial charge is 0.224 e. The van der Waals surface area contributed by atoms with E-state index in [1.807, 2.05) is 42.5 Å². The van der Waals surface area contributed by atoms with Crippen LogP contribution >= 0.6 is 0 Å². The summed E-state index contributed by atoms with van der Waals surface area (Å²) in [5, 5.41) is 16.1. The Morgan fingerprint density at radius 2 is 1.92 bits per heavy atom. The topological polar surface area (TPSA) is 62.5 Å². The largest absolute Gasteiger partial charge is 0.466 e. The fraction of sp³-hybridized carbons (Fsp3) is 0.286. The van der Waals surface area contributed by atoms with Gasteiger partial charge in [0.15, 0.2) is 0 Å². The second-order valence-electron chi connectivity index (χ2n) is 6.77. The van der Waals surface area contributed by atoms with E-state index in [2.05, 4.69) is 5.32 Å². The summed E-state index contributed by atoms with van der Waals surface area (Å²) in [7, 11) is 0. The van der Waals surface area contributed by atoms with Crippen LogP contribution in [0.25, 0.3) is 10.8 Å². The Labute approximate surface area is 146 Å². The summed E-state index contributed by atoms with van der Waals surface area (Å²) in [6.07, 6.45) is 3.76. The van der Waals surface area contributed by atoms with E-state index >= 15 is 0 Å². The van der Waals surface area contributed by atoms with Gasteiger partial charge in [0.1, 0.15) is 11.4 Å². The molecule has 1 saturated carbocycles. The van der Waals surface area contributed by atoms with Crippen LogP contribution in [-0.2, 0) is 16.8 Å². The molecule has 1 heterocycles. The lowest BCUT2D eigenvalue weighted by Crippen LogP contribution is -2.42. The van der Waals surface area contributed by atoms with Gasteiger partial charge in [-0.05, 0) is 47.2 Å². The fourth-order valence-electron chi connectivity index (χ4n) is 3.43. The molecule has 128 valence electrons. The van der Waals surface area contributed by atoms with Gasteiger partial charge in [-0.25, -0.2) is 0 Å². The molecule has 2 aromatic carbocycles. The summed E-state index contributed by atoms with van der Waals surface area (Å²) in [5.41, 5.74) is -0.124. The number of nitrogens with one attached hydrogen (secondary N) is 1. The molecule has 25 heavy (non-hydrogen) atoms. The summed E-state index contributed by atoms with van der Waals surface area (Å²) >= 11 is 0. The van der Waals surface area contributed by atoms with Crippen molar-refractivity contribution in [2.45, 2.75) is 24.9 Å². The van der Waals surface area contributed by atoms with Gasteiger partial charge in [-0.1, -0.05) is 42.5 Å². The highest BCUT2D eigenvalue weighted by molar-refractivity contribution is 5.90. The molecular formula is C21H21NO3. The van der Waals surface area contributed by atoms with Crippen molar-refractivity contribution in [3.63, 3.8) is 0 Å². The van der Waals surface area contributed by atoms with E-state index in [0.29, 0.717) is 12.2 Å². The Morgan fingerprint density at radius 1 is 1.12 bits per heavy atom. The van der Waals surface area contributed by atoms with E-state index in [1.54, 1.807) is 18.4 Å². The normalized spacial score (nSPS) is 16.5. The minimum Gasteiger partial charge on any atom is -0.466 e. The molecule has 0 radical (unpaired) electrons.